The smallest absolute Gasteiger partial charge is 0.391 e. The van der Waals surface area contributed by atoms with Gasteiger partial charge in [0.15, 0.2) is 0 Å². The van der Waals surface area contributed by atoms with Crippen molar-refractivity contribution in [3.05, 3.63) is 23.0 Å². The van der Waals surface area contributed by atoms with Crippen molar-refractivity contribution in [2.24, 2.45) is 5.92 Å². The number of hydrogen-bond acceptors (Lipinski definition) is 3. The lowest BCUT2D eigenvalue weighted by Gasteiger charge is -2.33. The van der Waals surface area contributed by atoms with Gasteiger partial charge < -0.3 is 10.6 Å². The number of nitrogens with zero attached hydrogens (tertiary/aromatic N) is 2. The molecule has 1 aromatic rings. The molecule has 0 bridgehead atoms. The number of nitrogens with two attached hydrogens (primary N) is 1. The number of aromatic nitrogens is 1. The number of likely N-dealkylation sites (tertiary alicyclic amines) is 1. The van der Waals surface area contributed by atoms with Crippen LogP contribution in [0.3, 0.4) is 0 Å². The van der Waals surface area contributed by atoms with Crippen molar-refractivity contribution in [3.63, 3.8) is 0 Å². The summed E-state index contributed by atoms with van der Waals surface area (Å²) in [5, 5.41) is 0.00199. The van der Waals surface area contributed by atoms with E-state index >= 15 is 0 Å². The van der Waals surface area contributed by atoms with Gasteiger partial charge in [0.1, 0.15) is 5.15 Å². The van der Waals surface area contributed by atoms with E-state index in [4.69, 9.17) is 17.3 Å². The van der Waals surface area contributed by atoms with Crippen LogP contribution in [-0.2, 0) is 0 Å². The summed E-state index contributed by atoms with van der Waals surface area (Å²) in [5.41, 5.74) is 5.94. The molecule has 0 radical (unpaired) electrons. The largest absolute Gasteiger partial charge is 0.397 e. The van der Waals surface area contributed by atoms with Crippen molar-refractivity contribution in [2.75, 3.05) is 18.8 Å². The molecule has 0 saturated carbocycles. The topological polar surface area (TPSA) is 59.2 Å². The first-order valence-corrected chi connectivity index (χ1v) is 6.44. The summed E-state index contributed by atoms with van der Waals surface area (Å²) >= 11 is 5.82. The standard InChI is InChI=1S/C12H13ClF3N3O/c13-10-9(5-8(17)6-18-10)11(20)19-3-1-7(2-4-19)12(14,15)16/h5-7H,1-4,17H2. The molecule has 1 aromatic heterocycles. The highest BCUT2D eigenvalue weighted by atomic mass is 35.5. The molecular formula is C12H13ClF3N3O. The first kappa shape index (κ1) is 14.9. The van der Waals surface area contributed by atoms with E-state index in [0.717, 1.165) is 0 Å². The number of rotatable bonds is 1. The van der Waals surface area contributed by atoms with E-state index in [1.807, 2.05) is 0 Å². The third kappa shape index (κ3) is 3.15. The molecular weight excluding hydrogens is 295 g/mol. The van der Waals surface area contributed by atoms with Crippen molar-refractivity contribution in [3.8, 4) is 0 Å². The Morgan fingerprint density at radius 1 is 1.40 bits per heavy atom. The molecule has 1 aliphatic rings. The fraction of sp³-hybridized carbons (Fsp3) is 0.500. The highest BCUT2D eigenvalue weighted by Gasteiger charge is 2.41. The van der Waals surface area contributed by atoms with Gasteiger partial charge in [-0.05, 0) is 18.9 Å². The van der Waals surface area contributed by atoms with E-state index in [1.54, 1.807) is 0 Å². The summed E-state index contributed by atoms with van der Waals surface area (Å²) < 4.78 is 37.7. The van der Waals surface area contributed by atoms with E-state index < -0.39 is 18.0 Å². The number of pyridine rings is 1. The van der Waals surface area contributed by atoms with Crippen molar-refractivity contribution in [1.29, 1.82) is 0 Å². The van der Waals surface area contributed by atoms with Crippen LogP contribution in [0.2, 0.25) is 5.15 Å². The number of anilines is 1. The number of halogens is 4. The van der Waals surface area contributed by atoms with E-state index in [-0.39, 0.29) is 42.3 Å². The van der Waals surface area contributed by atoms with Gasteiger partial charge in [-0.15, -0.1) is 0 Å². The maximum atomic E-state index is 12.6. The molecule has 110 valence electrons. The molecule has 2 rings (SSSR count). The minimum absolute atomic E-state index is 0.00199. The van der Waals surface area contributed by atoms with Gasteiger partial charge in [-0.25, -0.2) is 4.98 Å². The van der Waals surface area contributed by atoms with Crippen LogP contribution in [0.1, 0.15) is 23.2 Å². The van der Waals surface area contributed by atoms with Crippen molar-refractivity contribution >= 4 is 23.2 Å². The molecule has 1 fully saturated rings. The van der Waals surface area contributed by atoms with Gasteiger partial charge in [0.25, 0.3) is 5.91 Å². The Bertz CT molecular complexity index is 513. The zero-order valence-corrected chi connectivity index (χ0v) is 11.2. The summed E-state index contributed by atoms with van der Waals surface area (Å²) in [6, 6.07) is 1.38. The van der Waals surface area contributed by atoms with Crippen LogP contribution in [0.4, 0.5) is 18.9 Å². The van der Waals surface area contributed by atoms with Gasteiger partial charge in [-0.2, -0.15) is 13.2 Å². The Morgan fingerprint density at radius 2 is 2.00 bits per heavy atom. The van der Waals surface area contributed by atoms with Crippen LogP contribution in [0, 0.1) is 5.92 Å². The average Bonchev–Trinajstić information content (AvgIpc) is 2.40. The second-order valence-electron chi connectivity index (χ2n) is 4.72. The van der Waals surface area contributed by atoms with E-state index in [1.165, 1.54) is 17.2 Å². The Balaban J connectivity index is 2.07. The number of amides is 1. The second-order valence-corrected chi connectivity index (χ2v) is 5.07. The summed E-state index contributed by atoms with van der Waals surface area (Å²) in [7, 11) is 0. The molecule has 20 heavy (non-hydrogen) atoms. The van der Waals surface area contributed by atoms with Crippen LogP contribution in [0.25, 0.3) is 0 Å². The first-order chi connectivity index (χ1) is 9.29. The molecule has 2 heterocycles. The van der Waals surface area contributed by atoms with Crippen molar-refractivity contribution in [2.45, 2.75) is 19.0 Å². The molecule has 1 amide bonds. The Hall–Kier alpha value is -1.50. The number of piperidine rings is 1. The molecule has 1 aliphatic heterocycles. The first-order valence-electron chi connectivity index (χ1n) is 6.06. The lowest BCUT2D eigenvalue weighted by Crippen LogP contribution is -2.42. The fourth-order valence-corrected chi connectivity index (χ4v) is 2.38. The summed E-state index contributed by atoms with van der Waals surface area (Å²) in [6.07, 6.45) is -3.08. The van der Waals surface area contributed by atoms with Gasteiger partial charge in [0, 0.05) is 13.1 Å². The quantitative estimate of drug-likeness (QED) is 0.812. The lowest BCUT2D eigenvalue weighted by molar-refractivity contribution is -0.183. The number of alkyl halides is 3. The molecule has 0 unspecified atom stereocenters. The molecule has 0 spiro atoms. The monoisotopic (exact) mass is 307 g/mol. The highest BCUT2D eigenvalue weighted by Crippen LogP contribution is 2.34. The van der Waals surface area contributed by atoms with Crippen molar-refractivity contribution in [1.82, 2.24) is 9.88 Å². The van der Waals surface area contributed by atoms with Gasteiger partial charge in [0.05, 0.1) is 23.4 Å². The van der Waals surface area contributed by atoms with Crippen LogP contribution in [0.15, 0.2) is 12.3 Å². The Kier molecular flexibility index (Phi) is 4.08. The maximum absolute atomic E-state index is 12.6. The van der Waals surface area contributed by atoms with Crippen LogP contribution < -0.4 is 5.73 Å². The van der Waals surface area contributed by atoms with Gasteiger partial charge in [-0.3, -0.25) is 4.79 Å². The summed E-state index contributed by atoms with van der Waals surface area (Å²) in [4.78, 5) is 17.3. The van der Waals surface area contributed by atoms with Crippen LogP contribution in [-0.4, -0.2) is 35.1 Å². The summed E-state index contributed by atoms with van der Waals surface area (Å²) in [5.74, 6) is -1.78. The minimum Gasteiger partial charge on any atom is -0.397 e. The second kappa shape index (κ2) is 5.47. The van der Waals surface area contributed by atoms with Crippen molar-refractivity contribution < 1.29 is 18.0 Å². The van der Waals surface area contributed by atoms with Gasteiger partial charge >= 0.3 is 6.18 Å². The SMILES string of the molecule is Nc1cnc(Cl)c(C(=O)N2CCC(C(F)(F)F)CC2)c1. The normalized spacial score (nSPS) is 17.3. The highest BCUT2D eigenvalue weighted by molar-refractivity contribution is 6.32. The van der Waals surface area contributed by atoms with E-state index in [9.17, 15) is 18.0 Å². The zero-order chi connectivity index (χ0) is 14.9. The maximum Gasteiger partial charge on any atom is 0.391 e. The number of hydrogen-bond donors (Lipinski definition) is 1. The number of nitrogen functional groups attached to an aromatic ring is 1. The molecule has 8 heteroatoms. The van der Waals surface area contributed by atoms with Gasteiger partial charge in [0.2, 0.25) is 0 Å². The molecule has 2 N–H and O–H groups in total. The molecule has 1 saturated heterocycles. The lowest BCUT2D eigenvalue weighted by atomic mass is 9.96. The molecule has 0 aliphatic carbocycles. The van der Waals surface area contributed by atoms with Crippen LogP contribution >= 0.6 is 11.6 Å². The third-order valence-corrected chi connectivity index (χ3v) is 3.64. The third-order valence-electron chi connectivity index (χ3n) is 3.34. The van der Waals surface area contributed by atoms with E-state index in [2.05, 4.69) is 4.98 Å². The van der Waals surface area contributed by atoms with Crippen LogP contribution in [0.5, 0.6) is 0 Å². The fourth-order valence-electron chi connectivity index (χ4n) is 2.19. The predicted molar refractivity (Wildman–Crippen MR) is 68.3 cm³/mol. The Morgan fingerprint density at radius 3 is 2.55 bits per heavy atom. The average molecular weight is 308 g/mol. The van der Waals surface area contributed by atoms with E-state index in [0.29, 0.717) is 0 Å². The number of carbonyl (C=O) groups excluding carboxylic acids is 1. The minimum atomic E-state index is -4.20. The Labute approximate surface area is 118 Å². The molecule has 0 aromatic carbocycles. The molecule has 4 nitrogen and oxygen atoms in total. The zero-order valence-electron chi connectivity index (χ0n) is 10.5. The van der Waals surface area contributed by atoms with Gasteiger partial charge in [-0.1, -0.05) is 11.6 Å². The predicted octanol–water partition coefficient (Wildman–Crippen LogP) is 2.73. The molecule has 0 atom stereocenters. The number of carbonyl (C=O) groups is 1. The summed E-state index contributed by atoms with van der Waals surface area (Å²) in [6.45, 7) is 0.0995.